The molecule has 0 saturated carbocycles. The number of fused-ring (bicyclic) bond motifs is 2. The first-order valence-corrected chi connectivity index (χ1v) is 10.5. The molecule has 4 nitrogen and oxygen atoms in total. The molecule has 0 spiro atoms. The van der Waals surface area contributed by atoms with Crippen molar-refractivity contribution in [2.24, 2.45) is 12.0 Å². The van der Waals surface area contributed by atoms with Crippen LogP contribution in [0.3, 0.4) is 0 Å². The Labute approximate surface area is 169 Å². The number of amidine groups is 1. The predicted octanol–water partition coefficient (Wildman–Crippen LogP) is 4.91. The number of ether oxygens (including phenoxy) is 1. The maximum absolute atomic E-state index is 5.30. The number of thioether (sulfide) groups is 1. The maximum atomic E-state index is 5.30. The molecule has 0 unspecified atom stereocenters. The van der Waals surface area contributed by atoms with Crippen LogP contribution in [0.25, 0.3) is 16.6 Å². The fourth-order valence-corrected chi connectivity index (χ4v) is 5.17. The van der Waals surface area contributed by atoms with E-state index in [-0.39, 0.29) is 0 Å². The van der Waals surface area contributed by atoms with Crippen LogP contribution in [0.1, 0.15) is 17.5 Å². The van der Waals surface area contributed by atoms with Gasteiger partial charge in [0, 0.05) is 29.6 Å². The van der Waals surface area contributed by atoms with Gasteiger partial charge in [-0.25, -0.2) is 0 Å². The van der Waals surface area contributed by atoms with Crippen molar-refractivity contribution in [2.75, 3.05) is 13.7 Å². The van der Waals surface area contributed by atoms with Crippen LogP contribution in [0.5, 0.6) is 5.75 Å². The highest BCUT2D eigenvalue weighted by Gasteiger charge is 2.34. The normalized spacial score (nSPS) is 18.4. The molecule has 2 aliphatic heterocycles. The molecule has 5 rings (SSSR count). The van der Waals surface area contributed by atoms with Gasteiger partial charge in [0.05, 0.1) is 25.4 Å². The fraction of sp³-hybridized carbons (Fsp3) is 0.261. The van der Waals surface area contributed by atoms with Gasteiger partial charge in [-0.2, -0.15) is 0 Å². The van der Waals surface area contributed by atoms with Gasteiger partial charge < -0.3 is 14.2 Å². The van der Waals surface area contributed by atoms with E-state index in [4.69, 9.17) is 9.73 Å². The van der Waals surface area contributed by atoms with Gasteiger partial charge in [0.1, 0.15) is 5.75 Å². The molecule has 0 bridgehead atoms. The van der Waals surface area contributed by atoms with Crippen LogP contribution in [-0.2, 0) is 13.5 Å². The molecule has 1 aromatic heterocycles. The molecule has 2 aromatic carbocycles. The van der Waals surface area contributed by atoms with Crippen LogP contribution < -0.4 is 4.74 Å². The van der Waals surface area contributed by atoms with E-state index < -0.39 is 0 Å². The first-order chi connectivity index (χ1) is 13.7. The van der Waals surface area contributed by atoms with Crippen LogP contribution >= 0.6 is 11.8 Å². The number of hydrogen-bond acceptors (Lipinski definition) is 4. The lowest BCUT2D eigenvalue weighted by molar-refractivity contribution is 0.414. The van der Waals surface area contributed by atoms with Crippen molar-refractivity contribution < 1.29 is 4.74 Å². The SMILES string of the molecule is COc1ccc(C2=CSC3=NC[C@@H](CCc4cn(C)c5ccccc45)N23)cc1. The number of aliphatic imine (C=N–C) groups is 1. The fourth-order valence-electron chi connectivity index (χ4n) is 4.19. The van der Waals surface area contributed by atoms with E-state index >= 15 is 0 Å². The minimum atomic E-state index is 0.414. The summed E-state index contributed by atoms with van der Waals surface area (Å²) in [7, 11) is 3.83. The van der Waals surface area contributed by atoms with Crippen molar-refractivity contribution in [1.82, 2.24) is 9.47 Å². The number of rotatable bonds is 5. The second-order valence-corrected chi connectivity index (χ2v) is 8.15. The van der Waals surface area contributed by atoms with Gasteiger partial charge >= 0.3 is 0 Å². The number of methoxy groups -OCH3 is 1. The lowest BCUT2D eigenvalue weighted by atomic mass is 10.0. The van der Waals surface area contributed by atoms with Gasteiger partial charge in [-0.05, 0) is 54.3 Å². The van der Waals surface area contributed by atoms with Crippen molar-refractivity contribution in [1.29, 1.82) is 0 Å². The average Bonchev–Trinajstić information content (AvgIpc) is 3.41. The van der Waals surface area contributed by atoms with Crippen LogP contribution in [0.15, 0.2) is 65.1 Å². The summed E-state index contributed by atoms with van der Waals surface area (Å²) < 4.78 is 7.53. The van der Waals surface area contributed by atoms with Gasteiger partial charge in [0.15, 0.2) is 5.17 Å². The lowest BCUT2D eigenvalue weighted by Gasteiger charge is -2.26. The summed E-state index contributed by atoms with van der Waals surface area (Å²) in [6.07, 6.45) is 4.43. The summed E-state index contributed by atoms with van der Waals surface area (Å²) >= 11 is 1.74. The Morgan fingerprint density at radius 2 is 1.96 bits per heavy atom. The smallest absolute Gasteiger partial charge is 0.168 e. The minimum absolute atomic E-state index is 0.414. The molecule has 2 aliphatic rings. The monoisotopic (exact) mass is 389 g/mol. The summed E-state index contributed by atoms with van der Waals surface area (Å²) in [6, 6.07) is 17.4. The van der Waals surface area contributed by atoms with Crippen molar-refractivity contribution >= 4 is 33.5 Å². The first kappa shape index (κ1) is 17.4. The molecule has 5 heteroatoms. The quantitative estimate of drug-likeness (QED) is 0.621. The number of benzene rings is 2. The molecular formula is C23H23N3OS. The molecule has 142 valence electrons. The van der Waals surface area contributed by atoms with E-state index in [0.717, 1.165) is 30.3 Å². The highest BCUT2D eigenvalue weighted by atomic mass is 32.2. The third-order valence-electron chi connectivity index (χ3n) is 5.66. The van der Waals surface area contributed by atoms with E-state index in [2.05, 4.69) is 64.5 Å². The number of hydrogen-bond donors (Lipinski definition) is 0. The topological polar surface area (TPSA) is 29.8 Å². The third-order valence-corrected chi connectivity index (χ3v) is 6.53. The summed E-state index contributed by atoms with van der Waals surface area (Å²) in [4.78, 5) is 7.22. The zero-order valence-electron chi connectivity index (χ0n) is 16.1. The zero-order valence-corrected chi connectivity index (χ0v) is 16.9. The molecule has 0 N–H and O–H groups in total. The Kier molecular flexibility index (Phi) is 4.40. The van der Waals surface area contributed by atoms with Crippen LogP contribution in [0, 0.1) is 0 Å². The Morgan fingerprint density at radius 1 is 1.14 bits per heavy atom. The Balaban J connectivity index is 1.35. The molecule has 3 aromatic rings. The molecule has 0 amide bonds. The van der Waals surface area contributed by atoms with E-state index in [1.54, 1.807) is 18.9 Å². The minimum Gasteiger partial charge on any atom is -0.497 e. The Hall–Kier alpha value is -2.66. The van der Waals surface area contributed by atoms with Crippen molar-refractivity contribution in [3.05, 3.63) is 71.3 Å². The Morgan fingerprint density at radius 3 is 2.79 bits per heavy atom. The van der Waals surface area contributed by atoms with Crippen molar-refractivity contribution in [3.8, 4) is 5.75 Å². The van der Waals surface area contributed by atoms with Gasteiger partial charge in [0.25, 0.3) is 0 Å². The molecule has 1 atom stereocenters. The number of aromatic nitrogens is 1. The Bertz CT molecular complexity index is 1080. The zero-order chi connectivity index (χ0) is 19.1. The second kappa shape index (κ2) is 7.06. The molecule has 3 heterocycles. The largest absolute Gasteiger partial charge is 0.497 e. The molecule has 0 saturated heterocycles. The standard InChI is InChI=1S/C23H23N3OS/c1-25-14-17(20-5-3-4-6-21(20)25)7-10-18-13-24-23-26(18)22(15-28-23)16-8-11-19(27-2)12-9-16/h3-6,8-9,11-12,14-15,18H,7,10,13H2,1-2H3/t18-/m1/s1. The molecule has 0 aliphatic carbocycles. The molecule has 28 heavy (non-hydrogen) atoms. The van der Waals surface area contributed by atoms with Gasteiger partial charge in [-0.3, -0.25) is 4.99 Å². The lowest BCUT2D eigenvalue weighted by Crippen LogP contribution is -2.32. The van der Waals surface area contributed by atoms with E-state index in [1.807, 2.05) is 12.1 Å². The highest BCUT2D eigenvalue weighted by molar-refractivity contribution is 8.16. The predicted molar refractivity (Wildman–Crippen MR) is 118 cm³/mol. The van der Waals surface area contributed by atoms with Crippen LogP contribution in [0.4, 0.5) is 0 Å². The van der Waals surface area contributed by atoms with E-state index in [9.17, 15) is 0 Å². The number of nitrogens with zero attached hydrogens (tertiary/aromatic N) is 3. The maximum Gasteiger partial charge on any atom is 0.168 e. The highest BCUT2D eigenvalue weighted by Crippen LogP contribution is 2.39. The van der Waals surface area contributed by atoms with E-state index in [1.165, 1.54) is 27.7 Å². The molecule has 0 fully saturated rings. The van der Waals surface area contributed by atoms with Crippen LogP contribution in [0.2, 0.25) is 0 Å². The summed E-state index contributed by atoms with van der Waals surface area (Å²) in [5.41, 5.74) is 5.20. The van der Waals surface area contributed by atoms with Gasteiger partial charge in [0.2, 0.25) is 0 Å². The third kappa shape index (κ3) is 2.90. The summed E-state index contributed by atoms with van der Waals surface area (Å²) in [5.74, 6) is 0.887. The van der Waals surface area contributed by atoms with Crippen molar-refractivity contribution in [2.45, 2.75) is 18.9 Å². The van der Waals surface area contributed by atoms with E-state index in [0.29, 0.717) is 6.04 Å². The summed E-state index contributed by atoms with van der Waals surface area (Å²) in [6.45, 7) is 0.876. The number of aryl methyl sites for hydroxylation is 2. The summed E-state index contributed by atoms with van der Waals surface area (Å²) in [5, 5.41) is 4.73. The first-order valence-electron chi connectivity index (χ1n) is 9.62. The molecular weight excluding hydrogens is 366 g/mol. The second-order valence-electron chi connectivity index (χ2n) is 7.32. The van der Waals surface area contributed by atoms with Crippen molar-refractivity contribution in [3.63, 3.8) is 0 Å². The number of para-hydroxylation sites is 1. The van der Waals surface area contributed by atoms with Crippen LogP contribution in [-0.4, -0.2) is 34.3 Å². The van der Waals surface area contributed by atoms with Gasteiger partial charge in [-0.1, -0.05) is 30.0 Å². The average molecular weight is 390 g/mol. The van der Waals surface area contributed by atoms with Gasteiger partial charge in [-0.15, -0.1) is 0 Å². The molecule has 0 radical (unpaired) electrons.